The Balaban J connectivity index is 1.71. The lowest BCUT2D eigenvalue weighted by Gasteiger charge is -2.21. The van der Waals surface area contributed by atoms with Crippen LogP contribution in [0.2, 0.25) is 0 Å². The minimum absolute atomic E-state index is 0.537. The summed E-state index contributed by atoms with van der Waals surface area (Å²) in [6, 6.07) is 0.537. The maximum atomic E-state index is 5.94. The van der Waals surface area contributed by atoms with Gasteiger partial charge in [-0.25, -0.2) is 0 Å². The van der Waals surface area contributed by atoms with Gasteiger partial charge in [-0.1, -0.05) is 11.6 Å². The second kappa shape index (κ2) is 2.14. The van der Waals surface area contributed by atoms with E-state index in [1.165, 1.54) is 38.5 Å². The Labute approximate surface area is 74.0 Å². The predicted octanol–water partition coefficient (Wildman–Crippen LogP) is 2.22. The molecule has 0 bridgehead atoms. The van der Waals surface area contributed by atoms with Crippen LogP contribution in [0.1, 0.15) is 38.5 Å². The molecule has 1 heteroatoms. The minimum atomic E-state index is 0.537. The van der Waals surface area contributed by atoms with Gasteiger partial charge in [0, 0.05) is 6.04 Å². The Bertz CT molecular complexity index is 239. The molecule has 0 aromatic carbocycles. The zero-order valence-corrected chi connectivity index (χ0v) is 7.55. The van der Waals surface area contributed by atoms with Crippen LogP contribution in [0.4, 0.5) is 0 Å². The summed E-state index contributed by atoms with van der Waals surface area (Å²) in [6.45, 7) is 0. The van der Waals surface area contributed by atoms with Crippen LogP contribution < -0.4 is 5.73 Å². The van der Waals surface area contributed by atoms with Crippen LogP contribution in [-0.4, -0.2) is 6.04 Å². The van der Waals surface area contributed by atoms with Crippen LogP contribution in [0.15, 0.2) is 11.6 Å². The molecule has 0 amide bonds. The van der Waals surface area contributed by atoms with Crippen LogP contribution in [-0.2, 0) is 0 Å². The van der Waals surface area contributed by atoms with E-state index < -0.39 is 0 Å². The van der Waals surface area contributed by atoms with Gasteiger partial charge in [0.05, 0.1) is 0 Å². The number of hydrogen-bond acceptors (Lipinski definition) is 1. The first kappa shape index (κ1) is 7.14. The summed E-state index contributed by atoms with van der Waals surface area (Å²) >= 11 is 0. The zero-order valence-electron chi connectivity index (χ0n) is 7.55. The quantitative estimate of drug-likeness (QED) is 0.589. The van der Waals surface area contributed by atoms with Gasteiger partial charge in [-0.15, -0.1) is 0 Å². The summed E-state index contributed by atoms with van der Waals surface area (Å²) in [7, 11) is 0. The molecule has 2 unspecified atom stereocenters. The first-order chi connectivity index (χ1) is 5.80. The lowest BCUT2D eigenvalue weighted by atomic mass is 9.85. The van der Waals surface area contributed by atoms with E-state index in [1.807, 2.05) is 0 Å². The van der Waals surface area contributed by atoms with E-state index in [4.69, 9.17) is 5.73 Å². The average Bonchev–Trinajstić information content (AvgIpc) is 2.94. The Morgan fingerprint density at radius 2 is 2.17 bits per heavy atom. The van der Waals surface area contributed by atoms with Crippen molar-refractivity contribution in [3.63, 3.8) is 0 Å². The molecule has 2 fully saturated rings. The van der Waals surface area contributed by atoms with Crippen molar-refractivity contribution < 1.29 is 0 Å². The van der Waals surface area contributed by atoms with E-state index in [9.17, 15) is 0 Å². The van der Waals surface area contributed by atoms with Gasteiger partial charge < -0.3 is 5.73 Å². The monoisotopic (exact) mass is 163 g/mol. The molecule has 3 aliphatic rings. The van der Waals surface area contributed by atoms with Crippen LogP contribution in [0.3, 0.4) is 0 Å². The van der Waals surface area contributed by atoms with Crippen molar-refractivity contribution in [1.29, 1.82) is 0 Å². The van der Waals surface area contributed by atoms with Crippen molar-refractivity contribution in [1.82, 2.24) is 0 Å². The van der Waals surface area contributed by atoms with E-state index in [-0.39, 0.29) is 0 Å². The fraction of sp³-hybridized carbons (Fsp3) is 0.818. The molecule has 2 saturated carbocycles. The highest BCUT2D eigenvalue weighted by atomic mass is 14.8. The van der Waals surface area contributed by atoms with Gasteiger partial charge in [0.25, 0.3) is 0 Å². The Morgan fingerprint density at radius 1 is 1.42 bits per heavy atom. The van der Waals surface area contributed by atoms with Gasteiger partial charge in [0.15, 0.2) is 0 Å². The molecule has 0 saturated heterocycles. The molecule has 0 aliphatic heterocycles. The SMILES string of the molecule is NC1CC12CC=C(C1CC1)CC2. The number of hydrogen-bond donors (Lipinski definition) is 1. The van der Waals surface area contributed by atoms with Gasteiger partial charge in [-0.05, 0) is 49.9 Å². The van der Waals surface area contributed by atoms with Gasteiger partial charge in [0.2, 0.25) is 0 Å². The molecular weight excluding hydrogens is 146 g/mol. The molecule has 12 heavy (non-hydrogen) atoms. The molecule has 0 radical (unpaired) electrons. The Kier molecular flexibility index (Phi) is 1.27. The Morgan fingerprint density at radius 3 is 2.58 bits per heavy atom. The molecule has 2 N–H and O–H groups in total. The third kappa shape index (κ3) is 0.957. The Hall–Kier alpha value is -0.300. The van der Waals surface area contributed by atoms with Crippen molar-refractivity contribution in [3.8, 4) is 0 Å². The van der Waals surface area contributed by atoms with Gasteiger partial charge in [0.1, 0.15) is 0 Å². The molecule has 1 spiro atoms. The maximum Gasteiger partial charge on any atom is 0.0105 e. The molecule has 2 atom stereocenters. The second-order valence-corrected chi connectivity index (χ2v) is 4.93. The van der Waals surface area contributed by atoms with E-state index >= 15 is 0 Å². The topological polar surface area (TPSA) is 26.0 Å². The lowest BCUT2D eigenvalue weighted by molar-refractivity contribution is 0.426. The molecule has 66 valence electrons. The van der Waals surface area contributed by atoms with E-state index in [0.29, 0.717) is 11.5 Å². The van der Waals surface area contributed by atoms with E-state index in [0.717, 1.165) is 5.92 Å². The zero-order chi connectivity index (χ0) is 8.18. The fourth-order valence-electron chi connectivity index (χ4n) is 2.66. The summed E-state index contributed by atoms with van der Waals surface area (Å²) in [5, 5.41) is 0. The smallest absolute Gasteiger partial charge is 0.0105 e. The van der Waals surface area contributed by atoms with Crippen LogP contribution in [0.5, 0.6) is 0 Å². The number of rotatable bonds is 1. The predicted molar refractivity (Wildman–Crippen MR) is 49.7 cm³/mol. The van der Waals surface area contributed by atoms with Crippen molar-refractivity contribution in [3.05, 3.63) is 11.6 Å². The van der Waals surface area contributed by atoms with Crippen molar-refractivity contribution in [2.75, 3.05) is 0 Å². The molecule has 3 aliphatic carbocycles. The molecule has 3 rings (SSSR count). The average molecular weight is 163 g/mol. The van der Waals surface area contributed by atoms with Gasteiger partial charge in [-0.2, -0.15) is 0 Å². The van der Waals surface area contributed by atoms with Crippen LogP contribution in [0, 0.1) is 11.3 Å². The normalized spacial score (nSPS) is 46.1. The second-order valence-electron chi connectivity index (χ2n) is 4.93. The third-order valence-electron chi connectivity index (χ3n) is 4.04. The molecule has 0 heterocycles. The third-order valence-corrected chi connectivity index (χ3v) is 4.04. The largest absolute Gasteiger partial charge is 0.327 e. The van der Waals surface area contributed by atoms with Crippen LogP contribution in [0.25, 0.3) is 0 Å². The molecule has 0 aromatic rings. The molecule has 0 aromatic heterocycles. The lowest BCUT2D eigenvalue weighted by Crippen LogP contribution is -2.16. The molecule has 1 nitrogen and oxygen atoms in total. The van der Waals surface area contributed by atoms with Crippen molar-refractivity contribution >= 4 is 0 Å². The summed E-state index contributed by atoms with van der Waals surface area (Å²) in [5.41, 5.74) is 8.29. The van der Waals surface area contributed by atoms with Crippen molar-refractivity contribution in [2.45, 2.75) is 44.6 Å². The number of allylic oxidation sites excluding steroid dienone is 2. The fourth-order valence-corrected chi connectivity index (χ4v) is 2.66. The highest BCUT2D eigenvalue weighted by molar-refractivity contribution is 5.22. The number of nitrogens with two attached hydrogens (primary N) is 1. The standard InChI is InChI=1S/C11H17N/c12-10-7-11(10)5-3-9(4-6-11)8-1-2-8/h3,8,10H,1-2,4-7,12H2. The maximum absolute atomic E-state index is 5.94. The van der Waals surface area contributed by atoms with E-state index in [1.54, 1.807) is 5.57 Å². The van der Waals surface area contributed by atoms with Gasteiger partial charge >= 0.3 is 0 Å². The van der Waals surface area contributed by atoms with Crippen LogP contribution >= 0.6 is 0 Å². The minimum Gasteiger partial charge on any atom is -0.327 e. The van der Waals surface area contributed by atoms with Crippen molar-refractivity contribution in [2.24, 2.45) is 17.1 Å². The van der Waals surface area contributed by atoms with E-state index in [2.05, 4.69) is 6.08 Å². The molecular formula is C11H17N. The summed E-state index contributed by atoms with van der Waals surface area (Å²) < 4.78 is 0. The first-order valence-corrected chi connectivity index (χ1v) is 5.25. The summed E-state index contributed by atoms with van der Waals surface area (Å²) in [6.07, 6.45) is 10.8. The summed E-state index contributed by atoms with van der Waals surface area (Å²) in [4.78, 5) is 0. The van der Waals surface area contributed by atoms with Gasteiger partial charge in [-0.3, -0.25) is 0 Å². The first-order valence-electron chi connectivity index (χ1n) is 5.25. The summed E-state index contributed by atoms with van der Waals surface area (Å²) in [5.74, 6) is 0.998. The highest BCUT2D eigenvalue weighted by Crippen LogP contribution is 2.56. The highest BCUT2D eigenvalue weighted by Gasteiger charge is 2.51.